The smallest absolute Gasteiger partial charge is 0.409 e. The van der Waals surface area contributed by atoms with E-state index in [4.69, 9.17) is 4.74 Å². The van der Waals surface area contributed by atoms with Gasteiger partial charge in [-0.25, -0.2) is 9.78 Å². The Morgan fingerprint density at radius 1 is 1.21 bits per heavy atom. The molecular weight excluding hydrogens is 440 g/mol. The minimum atomic E-state index is -0.303. The van der Waals surface area contributed by atoms with Crippen LogP contribution in [0.15, 0.2) is 40.8 Å². The molecular formula is C24H28N4O4S. The Balaban J connectivity index is 1.38. The Morgan fingerprint density at radius 3 is 2.64 bits per heavy atom. The summed E-state index contributed by atoms with van der Waals surface area (Å²) >= 11 is 1.45. The fraction of sp³-hybridized carbons (Fsp3) is 0.417. The minimum Gasteiger partial charge on any atom is -0.450 e. The van der Waals surface area contributed by atoms with Crippen molar-refractivity contribution in [2.75, 3.05) is 19.7 Å². The van der Waals surface area contributed by atoms with Crippen LogP contribution in [-0.2, 0) is 16.1 Å². The predicted octanol–water partition coefficient (Wildman–Crippen LogP) is 3.56. The first-order valence-corrected chi connectivity index (χ1v) is 12.1. The summed E-state index contributed by atoms with van der Waals surface area (Å²) in [5.74, 6) is -0.111. The van der Waals surface area contributed by atoms with Crippen molar-refractivity contribution in [3.63, 3.8) is 0 Å². The molecule has 8 nitrogen and oxygen atoms in total. The van der Waals surface area contributed by atoms with E-state index in [1.807, 2.05) is 36.6 Å². The van der Waals surface area contributed by atoms with Gasteiger partial charge in [0.05, 0.1) is 18.3 Å². The molecule has 1 fully saturated rings. The second-order valence-electron chi connectivity index (χ2n) is 8.22. The summed E-state index contributed by atoms with van der Waals surface area (Å²) < 4.78 is 6.53. The van der Waals surface area contributed by atoms with Gasteiger partial charge in [0.15, 0.2) is 0 Å². The number of aryl methyl sites for hydroxylation is 2. The van der Waals surface area contributed by atoms with Gasteiger partial charge in [-0.15, -0.1) is 11.3 Å². The molecule has 0 atom stereocenters. The molecule has 4 rings (SSSR count). The van der Waals surface area contributed by atoms with Crippen molar-refractivity contribution in [3.8, 4) is 11.1 Å². The van der Waals surface area contributed by atoms with E-state index >= 15 is 0 Å². The highest BCUT2D eigenvalue weighted by Crippen LogP contribution is 2.30. The van der Waals surface area contributed by atoms with Crippen LogP contribution in [0.25, 0.3) is 21.3 Å². The molecule has 0 radical (unpaired) electrons. The number of hydrogen-bond donors (Lipinski definition) is 1. The van der Waals surface area contributed by atoms with Gasteiger partial charge >= 0.3 is 6.09 Å². The lowest BCUT2D eigenvalue weighted by Crippen LogP contribution is -2.46. The van der Waals surface area contributed by atoms with Crippen molar-refractivity contribution in [1.82, 2.24) is 19.8 Å². The van der Waals surface area contributed by atoms with Crippen LogP contribution in [0.1, 0.15) is 31.7 Å². The van der Waals surface area contributed by atoms with E-state index in [-0.39, 0.29) is 36.6 Å². The third-order valence-electron chi connectivity index (χ3n) is 5.89. The second-order valence-corrected chi connectivity index (χ2v) is 9.07. The highest BCUT2D eigenvalue weighted by Gasteiger charge is 2.24. The number of benzene rings is 1. The molecule has 3 heterocycles. The van der Waals surface area contributed by atoms with Gasteiger partial charge < -0.3 is 15.0 Å². The molecule has 33 heavy (non-hydrogen) atoms. The number of likely N-dealkylation sites (tertiary alicyclic amines) is 1. The Bertz CT molecular complexity index is 1190. The summed E-state index contributed by atoms with van der Waals surface area (Å²) in [6.07, 6.45) is 2.78. The van der Waals surface area contributed by atoms with E-state index in [0.717, 1.165) is 16.7 Å². The van der Waals surface area contributed by atoms with Crippen molar-refractivity contribution in [2.24, 2.45) is 0 Å². The standard InChI is InChI=1S/C24H28N4O4S/c1-3-32-24(31)27-11-8-18(9-12-27)26-20(29)10-13-28-15-25-22-21(23(28)30)19(14-33-22)17-6-4-16(2)5-7-17/h4-7,14-15,18H,3,8-13H2,1-2H3,(H,26,29). The first kappa shape index (κ1) is 23.0. The Labute approximate surface area is 196 Å². The van der Waals surface area contributed by atoms with Crippen LogP contribution in [0.5, 0.6) is 0 Å². The summed E-state index contributed by atoms with van der Waals surface area (Å²) in [6.45, 7) is 5.55. The lowest BCUT2D eigenvalue weighted by molar-refractivity contribution is -0.122. The summed E-state index contributed by atoms with van der Waals surface area (Å²) in [4.78, 5) is 44.3. The number of rotatable bonds is 6. The van der Waals surface area contributed by atoms with Crippen molar-refractivity contribution in [1.29, 1.82) is 0 Å². The summed E-state index contributed by atoms with van der Waals surface area (Å²) in [6, 6.07) is 8.08. The molecule has 2 aromatic heterocycles. The molecule has 3 aromatic rings. The van der Waals surface area contributed by atoms with Crippen molar-refractivity contribution in [3.05, 3.63) is 51.9 Å². The van der Waals surface area contributed by atoms with E-state index in [2.05, 4.69) is 10.3 Å². The lowest BCUT2D eigenvalue weighted by atomic mass is 10.0. The molecule has 0 bridgehead atoms. The molecule has 0 spiro atoms. The largest absolute Gasteiger partial charge is 0.450 e. The molecule has 0 aliphatic carbocycles. The Hall–Kier alpha value is -3.20. The topological polar surface area (TPSA) is 93.5 Å². The third kappa shape index (κ3) is 5.24. The zero-order chi connectivity index (χ0) is 23.4. The summed E-state index contributed by atoms with van der Waals surface area (Å²) in [5, 5.41) is 5.58. The number of fused-ring (bicyclic) bond motifs is 1. The average molecular weight is 469 g/mol. The quantitative estimate of drug-likeness (QED) is 0.597. The number of hydrogen-bond acceptors (Lipinski definition) is 6. The normalized spacial score (nSPS) is 14.4. The van der Waals surface area contributed by atoms with Crippen LogP contribution in [0.2, 0.25) is 0 Å². The van der Waals surface area contributed by atoms with Gasteiger partial charge in [0, 0.05) is 43.0 Å². The van der Waals surface area contributed by atoms with Gasteiger partial charge in [-0.05, 0) is 32.3 Å². The van der Waals surface area contributed by atoms with Crippen LogP contribution < -0.4 is 10.9 Å². The summed E-state index contributed by atoms with van der Waals surface area (Å²) in [5.41, 5.74) is 2.88. The third-order valence-corrected chi connectivity index (χ3v) is 6.78. The van der Waals surface area contributed by atoms with E-state index < -0.39 is 0 Å². The van der Waals surface area contributed by atoms with Gasteiger partial charge in [0.25, 0.3) is 5.56 Å². The Morgan fingerprint density at radius 2 is 1.94 bits per heavy atom. The maximum atomic E-state index is 13.2. The zero-order valence-corrected chi connectivity index (χ0v) is 19.7. The van der Waals surface area contributed by atoms with Crippen LogP contribution in [0.3, 0.4) is 0 Å². The van der Waals surface area contributed by atoms with Gasteiger partial charge in [-0.1, -0.05) is 29.8 Å². The summed E-state index contributed by atoms with van der Waals surface area (Å²) in [7, 11) is 0. The zero-order valence-electron chi connectivity index (χ0n) is 18.9. The first-order chi connectivity index (χ1) is 16.0. The maximum Gasteiger partial charge on any atom is 0.409 e. The molecule has 174 valence electrons. The fourth-order valence-corrected chi connectivity index (χ4v) is 4.92. The van der Waals surface area contributed by atoms with E-state index in [9.17, 15) is 14.4 Å². The van der Waals surface area contributed by atoms with Crippen molar-refractivity contribution >= 4 is 33.6 Å². The number of ether oxygens (including phenoxy) is 1. The van der Waals surface area contributed by atoms with Crippen molar-refractivity contribution in [2.45, 2.75) is 45.7 Å². The maximum absolute atomic E-state index is 13.2. The van der Waals surface area contributed by atoms with Crippen LogP contribution in [-0.4, -0.2) is 52.2 Å². The molecule has 1 aromatic carbocycles. The number of carbonyl (C=O) groups is 2. The fourth-order valence-electron chi connectivity index (χ4n) is 4.02. The molecule has 9 heteroatoms. The Kier molecular flexibility index (Phi) is 7.08. The second kappa shape index (κ2) is 10.2. The number of nitrogens with zero attached hydrogens (tertiary/aromatic N) is 3. The average Bonchev–Trinajstić information content (AvgIpc) is 3.25. The van der Waals surface area contributed by atoms with E-state index in [1.165, 1.54) is 22.2 Å². The lowest BCUT2D eigenvalue weighted by Gasteiger charge is -2.31. The van der Waals surface area contributed by atoms with Gasteiger partial charge in [-0.3, -0.25) is 14.2 Å². The first-order valence-electron chi connectivity index (χ1n) is 11.2. The number of piperidine rings is 1. The van der Waals surface area contributed by atoms with Gasteiger partial charge in [0.1, 0.15) is 4.83 Å². The van der Waals surface area contributed by atoms with Crippen LogP contribution >= 0.6 is 11.3 Å². The molecule has 1 saturated heterocycles. The number of carbonyl (C=O) groups excluding carboxylic acids is 2. The monoisotopic (exact) mass is 468 g/mol. The van der Waals surface area contributed by atoms with Crippen molar-refractivity contribution < 1.29 is 14.3 Å². The van der Waals surface area contributed by atoms with Crippen LogP contribution in [0, 0.1) is 6.92 Å². The number of aromatic nitrogens is 2. The van der Waals surface area contributed by atoms with Crippen LogP contribution in [0.4, 0.5) is 4.79 Å². The predicted molar refractivity (Wildman–Crippen MR) is 128 cm³/mol. The highest BCUT2D eigenvalue weighted by molar-refractivity contribution is 7.17. The molecule has 0 unspecified atom stereocenters. The number of amides is 2. The molecule has 1 aliphatic heterocycles. The molecule has 1 aliphatic rings. The van der Waals surface area contributed by atoms with E-state index in [0.29, 0.717) is 42.8 Å². The minimum absolute atomic E-state index is 0.0190. The number of nitrogens with one attached hydrogen (secondary N) is 1. The van der Waals surface area contributed by atoms with E-state index in [1.54, 1.807) is 11.8 Å². The number of thiophene rings is 1. The highest BCUT2D eigenvalue weighted by atomic mass is 32.1. The van der Waals surface area contributed by atoms with Gasteiger partial charge in [-0.2, -0.15) is 0 Å². The molecule has 2 amide bonds. The van der Waals surface area contributed by atoms with Gasteiger partial charge in [0.2, 0.25) is 5.91 Å². The molecule has 0 saturated carbocycles. The molecule has 1 N–H and O–H groups in total. The SMILES string of the molecule is CCOC(=O)N1CCC(NC(=O)CCn2cnc3scc(-c4ccc(C)cc4)c3c2=O)CC1.